The summed E-state index contributed by atoms with van der Waals surface area (Å²) in [5, 5.41) is 23.1. The zero-order valence-corrected chi connectivity index (χ0v) is 19.8. The Kier molecular flexibility index (Phi) is 6.34. The van der Waals surface area contributed by atoms with Crippen LogP contribution < -0.4 is 5.32 Å². The zero-order chi connectivity index (χ0) is 24.0. The molecule has 2 amide bonds. The molecule has 2 N–H and O–H groups in total. The Bertz CT molecular complexity index is 1030. The number of hydrogen-bond acceptors (Lipinski definition) is 5. The van der Waals surface area contributed by atoms with E-state index in [0.717, 1.165) is 10.5 Å². The van der Waals surface area contributed by atoms with E-state index in [2.05, 4.69) is 11.4 Å². The number of carbonyl (C=O) groups excluding carboxylic acids is 2. The van der Waals surface area contributed by atoms with E-state index in [1.54, 1.807) is 23.1 Å². The highest BCUT2D eigenvalue weighted by atomic mass is 35.5. The summed E-state index contributed by atoms with van der Waals surface area (Å²) in [5.41, 5.74) is -1.44. The molecule has 0 spiro atoms. The molecule has 10 heteroatoms. The van der Waals surface area contributed by atoms with Crippen LogP contribution in [0.1, 0.15) is 37.2 Å². The Morgan fingerprint density at radius 2 is 1.88 bits per heavy atom. The number of amides is 2. The first-order chi connectivity index (χ1) is 15.7. The maximum atomic E-state index is 14.0. The Hall–Kier alpha value is -2.34. The number of nitrogens with zero attached hydrogens (tertiary/aromatic N) is 3. The number of carbonyl (C=O) groups is 3. The van der Waals surface area contributed by atoms with E-state index in [1.165, 1.54) is 7.05 Å². The number of halogens is 2. The van der Waals surface area contributed by atoms with Crippen molar-refractivity contribution < 1.29 is 19.5 Å². The average molecular weight is 493 g/mol. The minimum absolute atomic E-state index is 0.149. The molecule has 0 radical (unpaired) electrons. The number of Topliss-reactive ketones (excluding diaryl/α,β-unsaturated/α-hetero) is 1. The molecule has 8 nitrogen and oxygen atoms in total. The van der Waals surface area contributed by atoms with Gasteiger partial charge in [-0.25, -0.2) is 4.79 Å². The van der Waals surface area contributed by atoms with Crippen molar-refractivity contribution in [2.45, 2.75) is 37.1 Å². The van der Waals surface area contributed by atoms with E-state index >= 15 is 0 Å². The van der Waals surface area contributed by atoms with Crippen LogP contribution in [0.3, 0.4) is 0 Å². The number of hydrogen-bond donors (Lipinski definition) is 2. The second-order valence-electron chi connectivity index (χ2n) is 9.25. The Morgan fingerprint density at radius 3 is 2.42 bits per heavy atom. The molecule has 1 aromatic rings. The summed E-state index contributed by atoms with van der Waals surface area (Å²) in [6.45, 7) is 1.38. The first-order valence-electron chi connectivity index (χ1n) is 11.0. The van der Waals surface area contributed by atoms with Crippen molar-refractivity contribution >= 4 is 41.0 Å². The molecule has 33 heavy (non-hydrogen) atoms. The van der Waals surface area contributed by atoms with Gasteiger partial charge in [-0.3, -0.25) is 14.5 Å². The third-order valence-electron chi connectivity index (χ3n) is 7.50. The lowest BCUT2D eigenvalue weighted by Crippen LogP contribution is -2.62. The van der Waals surface area contributed by atoms with Gasteiger partial charge in [0.15, 0.2) is 5.78 Å². The average Bonchev–Trinajstić information content (AvgIpc) is 3.50. The molecular weight excluding hydrogens is 467 g/mol. The lowest BCUT2D eigenvalue weighted by atomic mass is 9.72. The van der Waals surface area contributed by atoms with Crippen molar-refractivity contribution in [3.8, 4) is 6.07 Å². The first-order valence-corrected chi connectivity index (χ1v) is 11.8. The van der Waals surface area contributed by atoms with Gasteiger partial charge in [0.1, 0.15) is 11.0 Å². The number of likely N-dealkylation sites (N-methyl/N-ethyl adjacent to an activating group) is 1. The molecule has 3 fully saturated rings. The fraction of sp³-hybridized carbons (Fsp3) is 0.565. The van der Waals surface area contributed by atoms with E-state index in [4.69, 9.17) is 23.2 Å². The highest BCUT2D eigenvalue weighted by molar-refractivity contribution is 6.42. The fourth-order valence-electron chi connectivity index (χ4n) is 5.27. The van der Waals surface area contributed by atoms with Gasteiger partial charge in [0.25, 0.3) is 0 Å². The van der Waals surface area contributed by atoms with Crippen molar-refractivity contribution in [1.82, 2.24) is 15.1 Å². The number of carboxylic acid groups (broad SMARTS) is 1. The number of piperidine rings is 1. The summed E-state index contributed by atoms with van der Waals surface area (Å²) in [5.74, 6) is -1.13. The van der Waals surface area contributed by atoms with E-state index in [0.29, 0.717) is 55.4 Å². The molecule has 176 valence electrons. The van der Waals surface area contributed by atoms with Gasteiger partial charge < -0.3 is 15.3 Å². The van der Waals surface area contributed by atoms with Gasteiger partial charge in [-0.1, -0.05) is 29.3 Å². The van der Waals surface area contributed by atoms with Crippen LogP contribution in [0.2, 0.25) is 10.0 Å². The highest BCUT2D eigenvalue weighted by Crippen LogP contribution is 2.47. The van der Waals surface area contributed by atoms with E-state index in [1.807, 2.05) is 0 Å². The zero-order valence-electron chi connectivity index (χ0n) is 18.3. The lowest BCUT2D eigenvalue weighted by molar-refractivity contribution is -0.141. The Balaban J connectivity index is 1.59. The normalized spacial score (nSPS) is 26.5. The molecule has 4 rings (SSSR count). The molecule has 2 aliphatic heterocycles. The van der Waals surface area contributed by atoms with E-state index < -0.39 is 28.9 Å². The fourth-order valence-corrected chi connectivity index (χ4v) is 5.57. The van der Waals surface area contributed by atoms with Crippen molar-refractivity contribution in [3.63, 3.8) is 0 Å². The van der Waals surface area contributed by atoms with Crippen molar-refractivity contribution in [1.29, 1.82) is 5.26 Å². The summed E-state index contributed by atoms with van der Waals surface area (Å²) >= 11 is 12.3. The molecule has 1 saturated carbocycles. The molecule has 0 unspecified atom stereocenters. The molecule has 0 bridgehead atoms. The number of likely N-dealkylation sites (tertiary alicyclic amines) is 1. The van der Waals surface area contributed by atoms with Crippen molar-refractivity contribution in [2.75, 3.05) is 33.2 Å². The predicted octanol–water partition coefficient (Wildman–Crippen LogP) is 3.14. The summed E-state index contributed by atoms with van der Waals surface area (Å²) < 4.78 is 0. The molecule has 2 saturated heterocycles. The maximum absolute atomic E-state index is 14.0. The van der Waals surface area contributed by atoms with Gasteiger partial charge in [0.05, 0.1) is 16.1 Å². The van der Waals surface area contributed by atoms with Gasteiger partial charge in [-0.2, -0.15) is 5.26 Å². The molecular formula is C23H26Cl2N4O4. The predicted molar refractivity (Wildman–Crippen MR) is 122 cm³/mol. The van der Waals surface area contributed by atoms with Crippen LogP contribution in [-0.4, -0.2) is 71.5 Å². The number of rotatable bonds is 5. The number of nitrogens with one attached hydrogen (secondary N) is 1. The summed E-state index contributed by atoms with van der Waals surface area (Å²) in [6.07, 6.45) is 0.870. The molecule has 2 heterocycles. The minimum atomic E-state index is -1.30. The summed E-state index contributed by atoms with van der Waals surface area (Å²) in [6, 6.07) is 7.26. The van der Waals surface area contributed by atoms with Crippen LogP contribution in [0.4, 0.5) is 4.79 Å². The quantitative estimate of drug-likeness (QED) is 0.652. The van der Waals surface area contributed by atoms with Gasteiger partial charge in [0, 0.05) is 45.1 Å². The van der Waals surface area contributed by atoms with E-state index in [9.17, 15) is 24.8 Å². The van der Waals surface area contributed by atoms with E-state index in [-0.39, 0.29) is 18.2 Å². The minimum Gasteiger partial charge on any atom is -0.465 e. The molecule has 3 aliphatic rings. The lowest BCUT2D eigenvalue weighted by Gasteiger charge is -2.43. The van der Waals surface area contributed by atoms with Crippen molar-refractivity contribution in [2.24, 2.45) is 11.3 Å². The van der Waals surface area contributed by atoms with Crippen LogP contribution in [0.15, 0.2) is 18.2 Å². The topological polar surface area (TPSA) is 114 Å². The van der Waals surface area contributed by atoms with Crippen LogP contribution in [0.5, 0.6) is 0 Å². The highest BCUT2D eigenvalue weighted by Gasteiger charge is 2.57. The third-order valence-corrected chi connectivity index (χ3v) is 8.24. The second-order valence-corrected chi connectivity index (χ2v) is 10.1. The van der Waals surface area contributed by atoms with Crippen molar-refractivity contribution in [3.05, 3.63) is 33.8 Å². The smallest absolute Gasteiger partial charge is 0.407 e. The van der Waals surface area contributed by atoms with Gasteiger partial charge in [-0.05, 0) is 43.4 Å². The summed E-state index contributed by atoms with van der Waals surface area (Å²) in [7, 11) is 1.43. The SMILES string of the molecule is CN(C(=O)O)[C@]1(C(=O)C2CCN(C(=O)C3(C#N)CC3)CC2)CNC[C@H]1c1ccc(Cl)c(Cl)c1. The van der Waals surface area contributed by atoms with Crippen LogP contribution in [0.25, 0.3) is 0 Å². The monoisotopic (exact) mass is 492 g/mol. The number of nitriles is 1. The van der Waals surface area contributed by atoms with Gasteiger partial charge >= 0.3 is 6.09 Å². The molecule has 1 aliphatic carbocycles. The third kappa shape index (κ3) is 3.96. The molecule has 0 aromatic heterocycles. The Labute approximate surface area is 202 Å². The number of benzene rings is 1. The van der Waals surface area contributed by atoms with Crippen LogP contribution in [0, 0.1) is 22.7 Å². The second kappa shape index (κ2) is 8.79. The van der Waals surface area contributed by atoms with Gasteiger partial charge in [0.2, 0.25) is 5.91 Å². The van der Waals surface area contributed by atoms with Gasteiger partial charge in [-0.15, -0.1) is 0 Å². The van der Waals surface area contributed by atoms with Crippen LogP contribution in [-0.2, 0) is 9.59 Å². The Morgan fingerprint density at radius 1 is 1.21 bits per heavy atom. The number of ketones is 1. The molecule has 1 aromatic carbocycles. The van der Waals surface area contributed by atoms with Crippen LogP contribution >= 0.6 is 23.2 Å². The first kappa shape index (κ1) is 23.8. The summed E-state index contributed by atoms with van der Waals surface area (Å²) in [4.78, 5) is 41.6. The largest absolute Gasteiger partial charge is 0.465 e. The maximum Gasteiger partial charge on any atom is 0.407 e. The molecule has 2 atom stereocenters. The standard InChI is InChI=1S/C23H26Cl2N4O4/c1-28(21(32)33)23(13-27-11-16(23)15-2-3-17(24)18(25)10-15)19(30)14-4-8-29(9-5-14)20(31)22(12-26)6-7-22/h2-3,10,14,16,27H,4-9,11,13H2,1H3,(H,32,33)/t16-,23+/m0/s1.